The first kappa shape index (κ1) is 20.8. The highest BCUT2D eigenvalue weighted by Gasteiger charge is 2.21. The van der Waals surface area contributed by atoms with Crippen molar-refractivity contribution in [2.45, 2.75) is 13.1 Å². The molecule has 0 fully saturated rings. The number of halogens is 1. The topological polar surface area (TPSA) is 49.9 Å². The van der Waals surface area contributed by atoms with Gasteiger partial charge >= 0.3 is 0 Å². The molecule has 144 valence electrons. The minimum atomic E-state index is -0.322. The Bertz CT molecular complexity index is 747. The van der Waals surface area contributed by atoms with Crippen LogP contribution in [0, 0.1) is 5.82 Å². The molecule has 0 unspecified atom stereocenters. The van der Waals surface area contributed by atoms with Crippen molar-refractivity contribution < 1.29 is 18.7 Å². The number of nitrogens with zero attached hydrogens (tertiary/aromatic N) is 2. The first-order valence-corrected chi connectivity index (χ1v) is 9.33. The van der Waals surface area contributed by atoms with Gasteiger partial charge in [-0.1, -0.05) is 24.3 Å². The summed E-state index contributed by atoms with van der Waals surface area (Å²) in [4.78, 5) is 29.2. The number of rotatable bonds is 10. The second-order valence-electron chi connectivity index (χ2n) is 5.95. The molecule has 0 atom stereocenters. The van der Waals surface area contributed by atoms with Crippen molar-refractivity contribution in [3.05, 3.63) is 70.7 Å². The quantitative estimate of drug-likeness (QED) is 0.586. The van der Waals surface area contributed by atoms with Crippen LogP contribution in [0.25, 0.3) is 0 Å². The Balaban J connectivity index is 2.14. The highest BCUT2D eigenvalue weighted by molar-refractivity contribution is 7.09. The third-order valence-electron chi connectivity index (χ3n) is 3.86. The zero-order valence-corrected chi connectivity index (χ0v) is 16.1. The van der Waals surface area contributed by atoms with Crippen LogP contribution in [-0.2, 0) is 27.4 Å². The maximum atomic E-state index is 13.2. The fraction of sp³-hybridized carbons (Fsp3) is 0.300. The van der Waals surface area contributed by atoms with Gasteiger partial charge in [0.15, 0.2) is 0 Å². The van der Waals surface area contributed by atoms with Crippen molar-refractivity contribution in [3.8, 4) is 0 Å². The smallest absolute Gasteiger partial charge is 0.249 e. The summed E-state index contributed by atoms with van der Waals surface area (Å²) >= 11 is 1.55. The molecule has 0 aliphatic heterocycles. The summed E-state index contributed by atoms with van der Waals surface area (Å²) in [6.45, 7) is 4.49. The van der Waals surface area contributed by atoms with E-state index in [-0.39, 0.29) is 37.3 Å². The molecule has 1 aromatic carbocycles. The van der Waals surface area contributed by atoms with E-state index >= 15 is 0 Å². The predicted octanol–water partition coefficient (Wildman–Crippen LogP) is 3.08. The molecule has 7 heteroatoms. The van der Waals surface area contributed by atoms with Gasteiger partial charge in [0, 0.05) is 25.1 Å². The third-order valence-corrected chi connectivity index (χ3v) is 4.72. The molecular formula is C20H23FN2O3S. The number of methoxy groups -OCH3 is 1. The maximum Gasteiger partial charge on any atom is 0.249 e. The second-order valence-corrected chi connectivity index (χ2v) is 6.98. The molecule has 27 heavy (non-hydrogen) atoms. The minimum absolute atomic E-state index is 0.0687. The van der Waals surface area contributed by atoms with E-state index in [1.165, 1.54) is 24.1 Å². The van der Waals surface area contributed by atoms with E-state index in [2.05, 4.69) is 6.58 Å². The van der Waals surface area contributed by atoms with Crippen molar-refractivity contribution in [1.82, 2.24) is 9.80 Å². The number of carbonyl (C=O) groups excluding carboxylic acids is 2. The Labute approximate surface area is 162 Å². The second kappa shape index (κ2) is 10.6. The average Bonchev–Trinajstić information content (AvgIpc) is 3.16. The molecule has 1 heterocycles. The molecule has 0 saturated heterocycles. The molecule has 0 spiro atoms. The minimum Gasteiger partial charge on any atom is -0.375 e. The molecule has 0 aliphatic carbocycles. The van der Waals surface area contributed by atoms with Gasteiger partial charge in [0.05, 0.1) is 6.54 Å². The van der Waals surface area contributed by atoms with E-state index in [1.807, 2.05) is 17.5 Å². The summed E-state index contributed by atoms with van der Waals surface area (Å²) in [5, 5.41) is 1.95. The predicted molar refractivity (Wildman–Crippen MR) is 104 cm³/mol. The van der Waals surface area contributed by atoms with Gasteiger partial charge in [0.25, 0.3) is 0 Å². The average molecular weight is 390 g/mol. The highest BCUT2D eigenvalue weighted by Crippen LogP contribution is 2.15. The van der Waals surface area contributed by atoms with Crippen LogP contribution in [0.4, 0.5) is 4.39 Å². The van der Waals surface area contributed by atoms with Crippen LogP contribution >= 0.6 is 11.3 Å². The highest BCUT2D eigenvalue weighted by atomic mass is 32.1. The zero-order valence-electron chi connectivity index (χ0n) is 15.3. The number of hydrogen-bond donors (Lipinski definition) is 0. The normalized spacial score (nSPS) is 10.4. The largest absolute Gasteiger partial charge is 0.375 e. The summed E-state index contributed by atoms with van der Waals surface area (Å²) in [6.07, 6.45) is 1.57. The lowest BCUT2D eigenvalue weighted by Gasteiger charge is -2.27. The Morgan fingerprint density at radius 1 is 1.15 bits per heavy atom. The molecule has 5 nitrogen and oxygen atoms in total. The van der Waals surface area contributed by atoms with Crippen molar-refractivity contribution in [2.75, 3.05) is 26.8 Å². The zero-order chi connectivity index (χ0) is 19.6. The van der Waals surface area contributed by atoms with Crippen LogP contribution < -0.4 is 0 Å². The summed E-state index contributed by atoms with van der Waals surface area (Å²) in [6, 6.07) is 9.92. The number of hydrogen-bond acceptors (Lipinski definition) is 4. The first-order chi connectivity index (χ1) is 13.0. The van der Waals surface area contributed by atoms with Crippen molar-refractivity contribution in [3.63, 3.8) is 0 Å². The summed E-state index contributed by atoms with van der Waals surface area (Å²) < 4.78 is 18.0. The molecule has 0 saturated carbocycles. The van der Waals surface area contributed by atoms with Crippen molar-refractivity contribution >= 4 is 23.2 Å². The van der Waals surface area contributed by atoms with Gasteiger partial charge < -0.3 is 14.5 Å². The van der Waals surface area contributed by atoms with Gasteiger partial charge in [0.2, 0.25) is 11.8 Å². The molecular weight excluding hydrogens is 367 g/mol. The van der Waals surface area contributed by atoms with Crippen LogP contribution in [-0.4, -0.2) is 48.4 Å². The Hall–Kier alpha value is -2.51. The molecule has 0 bridgehead atoms. The van der Waals surface area contributed by atoms with Gasteiger partial charge in [-0.2, -0.15) is 0 Å². The number of benzene rings is 1. The fourth-order valence-corrected chi connectivity index (χ4v) is 3.24. The number of amides is 2. The van der Waals surface area contributed by atoms with Gasteiger partial charge in [0.1, 0.15) is 19.0 Å². The Kier molecular flexibility index (Phi) is 8.16. The van der Waals surface area contributed by atoms with E-state index in [0.29, 0.717) is 13.1 Å². The van der Waals surface area contributed by atoms with Crippen LogP contribution in [0.1, 0.15) is 10.4 Å². The summed E-state index contributed by atoms with van der Waals surface area (Å²) in [5.41, 5.74) is 0.819. The lowest BCUT2D eigenvalue weighted by atomic mass is 10.2. The maximum absolute atomic E-state index is 13.2. The number of carbonyl (C=O) groups is 2. The molecule has 2 amide bonds. The van der Waals surface area contributed by atoms with E-state index < -0.39 is 0 Å². The lowest BCUT2D eigenvalue weighted by molar-refractivity contribution is -0.142. The molecule has 2 rings (SSSR count). The number of ether oxygens (including phenoxy) is 1. The van der Waals surface area contributed by atoms with Crippen LogP contribution in [0.15, 0.2) is 54.4 Å². The SMILES string of the molecule is C=CCN(CC(=O)N(Cc1ccc(F)cc1)Cc1cccs1)C(=O)COC. The van der Waals surface area contributed by atoms with Crippen LogP contribution in [0.3, 0.4) is 0 Å². The Morgan fingerprint density at radius 3 is 2.48 bits per heavy atom. The standard InChI is InChI=1S/C20H23FN2O3S/c1-3-10-22(20(25)15-26-2)14-19(24)23(13-18-5-4-11-27-18)12-16-6-8-17(21)9-7-16/h3-9,11H,1,10,12-15H2,2H3. The molecule has 0 radical (unpaired) electrons. The monoisotopic (exact) mass is 390 g/mol. The third kappa shape index (κ3) is 6.62. The van der Waals surface area contributed by atoms with E-state index in [0.717, 1.165) is 10.4 Å². The van der Waals surface area contributed by atoms with Gasteiger partial charge in [-0.25, -0.2) is 4.39 Å². The van der Waals surface area contributed by atoms with E-state index in [9.17, 15) is 14.0 Å². The van der Waals surface area contributed by atoms with E-state index in [4.69, 9.17) is 4.74 Å². The van der Waals surface area contributed by atoms with Gasteiger partial charge in [-0.3, -0.25) is 9.59 Å². The lowest BCUT2D eigenvalue weighted by Crippen LogP contribution is -2.43. The van der Waals surface area contributed by atoms with Gasteiger partial charge in [-0.15, -0.1) is 17.9 Å². The molecule has 0 aliphatic rings. The van der Waals surface area contributed by atoms with Crippen LogP contribution in [0.5, 0.6) is 0 Å². The fourth-order valence-electron chi connectivity index (χ4n) is 2.52. The summed E-state index contributed by atoms with van der Waals surface area (Å²) in [5.74, 6) is -0.792. The number of thiophene rings is 1. The summed E-state index contributed by atoms with van der Waals surface area (Å²) in [7, 11) is 1.43. The first-order valence-electron chi connectivity index (χ1n) is 8.45. The van der Waals surface area contributed by atoms with E-state index in [1.54, 1.807) is 34.4 Å². The molecule has 1 aromatic heterocycles. The molecule has 2 aromatic rings. The molecule has 0 N–H and O–H groups in total. The van der Waals surface area contributed by atoms with Gasteiger partial charge in [-0.05, 0) is 29.1 Å². The van der Waals surface area contributed by atoms with Crippen molar-refractivity contribution in [2.24, 2.45) is 0 Å². The van der Waals surface area contributed by atoms with Crippen molar-refractivity contribution in [1.29, 1.82) is 0 Å². The Morgan fingerprint density at radius 2 is 1.89 bits per heavy atom. The van der Waals surface area contributed by atoms with Crippen LogP contribution in [0.2, 0.25) is 0 Å².